The van der Waals surface area contributed by atoms with Crippen LogP contribution in [0.2, 0.25) is 0 Å². The smallest absolute Gasteiger partial charge is 0.244 e. The molecule has 0 unspecified atom stereocenters. The van der Waals surface area contributed by atoms with E-state index >= 15 is 0 Å². The number of pyridine rings is 1. The Balaban J connectivity index is 1.98. The number of aromatic nitrogens is 1. The van der Waals surface area contributed by atoms with Crippen LogP contribution in [0.5, 0.6) is 0 Å². The highest BCUT2D eigenvalue weighted by Crippen LogP contribution is 2.10. The molecule has 0 aliphatic heterocycles. The van der Waals surface area contributed by atoms with Crippen LogP contribution in [0, 0.1) is 0 Å². The van der Waals surface area contributed by atoms with E-state index in [1.54, 1.807) is 41.2 Å². The van der Waals surface area contributed by atoms with Crippen LogP contribution in [0.1, 0.15) is 0 Å². The first-order chi connectivity index (χ1) is 8.63. The predicted octanol–water partition coefficient (Wildman–Crippen LogP) is 1.07. The van der Waals surface area contributed by atoms with Crippen LogP contribution in [-0.2, 0) is 11.3 Å². The molecule has 0 fully saturated rings. The standard InChI is InChI=1S/C13H13N3O2/c14-10-1-3-11(4-2-10)15-13(18)9-16-7-5-12(17)6-8-16/h1-8H,9,14H2,(H,15,18). The molecule has 0 saturated heterocycles. The fourth-order valence-corrected chi connectivity index (χ4v) is 1.48. The highest BCUT2D eigenvalue weighted by Gasteiger charge is 2.02. The molecule has 0 aliphatic carbocycles. The molecular formula is C13H13N3O2. The van der Waals surface area contributed by atoms with Crippen molar-refractivity contribution in [3.8, 4) is 0 Å². The number of hydrogen-bond donors (Lipinski definition) is 2. The van der Waals surface area contributed by atoms with Gasteiger partial charge in [0.05, 0.1) is 0 Å². The number of carbonyl (C=O) groups is 1. The molecule has 18 heavy (non-hydrogen) atoms. The summed E-state index contributed by atoms with van der Waals surface area (Å²) in [6.07, 6.45) is 3.15. The molecule has 3 N–H and O–H groups in total. The van der Waals surface area contributed by atoms with E-state index in [-0.39, 0.29) is 17.9 Å². The minimum atomic E-state index is -0.163. The van der Waals surface area contributed by atoms with E-state index < -0.39 is 0 Å². The summed E-state index contributed by atoms with van der Waals surface area (Å²) in [5, 5.41) is 2.74. The van der Waals surface area contributed by atoms with Gasteiger partial charge in [-0.2, -0.15) is 0 Å². The molecule has 2 aromatic rings. The summed E-state index contributed by atoms with van der Waals surface area (Å²) in [7, 11) is 0. The predicted molar refractivity (Wildman–Crippen MR) is 70.2 cm³/mol. The Hall–Kier alpha value is -2.56. The molecule has 2 rings (SSSR count). The van der Waals surface area contributed by atoms with Crippen molar-refractivity contribution < 1.29 is 4.79 Å². The zero-order chi connectivity index (χ0) is 13.0. The quantitative estimate of drug-likeness (QED) is 0.791. The van der Waals surface area contributed by atoms with Crippen LogP contribution in [0.15, 0.2) is 53.6 Å². The third-order valence-electron chi connectivity index (χ3n) is 2.38. The molecule has 1 aromatic carbocycles. The average molecular weight is 243 g/mol. The van der Waals surface area contributed by atoms with Gasteiger partial charge in [0, 0.05) is 35.9 Å². The third kappa shape index (κ3) is 3.21. The van der Waals surface area contributed by atoms with Crippen molar-refractivity contribution in [2.75, 3.05) is 11.1 Å². The number of nitrogens with two attached hydrogens (primary N) is 1. The molecule has 1 amide bonds. The Morgan fingerprint density at radius 3 is 2.33 bits per heavy atom. The van der Waals surface area contributed by atoms with Crippen molar-refractivity contribution in [3.05, 3.63) is 59.0 Å². The highest BCUT2D eigenvalue weighted by atomic mass is 16.2. The van der Waals surface area contributed by atoms with Gasteiger partial charge in [0.15, 0.2) is 5.43 Å². The second kappa shape index (κ2) is 5.18. The Morgan fingerprint density at radius 2 is 1.72 bits per heavy atom. The maximum atomic E-state index is 11.7. The summed E-state index contributed by atoms with van der Waals surface area (Å²) in [4.78, 5) is 22.6. The Kier molecular flexibility index (Phi) is 3.43. The number of hydrogen-bond acceptors (Lipinski definition) is 3. The number of nitrogens with zero attached hydrogens (tertiary/aromatic N) is 1. The molecule has 0 atom stereocenters. The normalized spacial score (nSPS) is 10.0. The lowest BCUT2D eigenvalue weighted by molar-refractivity contribution is -0.116. The van der Waals surface area contributed by atoms with Crippen molar-refractivity contribution in [1.82, 2.24) is 4.57 Å². The number of anilines is 2. The van der Waals surface area contributed by atoms with Crippen LogP contribution >= 0.6 is 0 Å². The van der Waals surface area contributed by atoms with E-state index in [2.05, 4.69) is 5.32 Å². The Morgan fingerprint density at radius 1 is 1.11 bits per heavy atom. The third-order valence-corrected chi connectivity index (χ3v) is 2.38. The van der Waals surface area contributed by atoms with Gasteiger partial charge in [-0.05, 0) is 24.3 Å². The van der Waals surface area contributed by atoms with Gasteiger partial charge in [-0.25, -0.2) is 0 Å². The molecule has 92 valence electrons. The van der Waals surface area contributed by atoms with Gasteiger partial charge < -0.3 is 15.6 Å². The first-order valence-electron chi connectivity index (χ1n) is 5.45. The molecule has 0 aliphatic rings. The van der Waals surface area contributed by atoms with Crippen LogP contribution in [0.3, 0.4) is 0 Å². The summed E-state index contributed by atoms with van der Waals surface area (Å²) >= 11 is 0. The molecule has 1 aromatic heterocycles. The lowest BCUT2D eigenvalue weighted by Gasteiger charge is -2.07. The first kappa shape index (κ1) is 11.9. The van der Waals surface area contributed by atoms with Crippen LogP contribution in [0.4, 0.5) is 11.4 Å². The van der Waals surface area contributed by atoms with Gasteiger partial charge >= 0.3 is 0 Å². The first-order valence-corrected chi connectivity index (χ1v) is 5.45. The highest BCUT2D eigenvalue weighted by molar-refractivity contribution is 5.90. The van der Waals surface area contributed by atoms with Gasteiger partial charge in [0.2, 0.25) is 5.91 Å². The molecule has 1 heterocycles. The summed E-state index contributed by atoms with van der Waals surface area (Å²) in [6.45, 7) is 0.157. The number of rotatable bonds is 3. The van der Waals surface area contributed by atoms with Crippen molar-refractivity contribution in [1.29, 1.82) is 0 Å². The zero-order valence-corrected chi connectivity index (χ0v) is 9.67. The fourth-order valence-electron chi connectivity index (χ4n) is 1.48. The summed E-state index contributed by atoms with van der Waals surface area (Å²) in [5.41, 5.74) is 6.81. The summed E-state index contributed by atoms with van der Waals surface area (Å²) < 4.78 is 1.63. The van der Waals surface area contributed by atoms with Crippen LogP contribution in [0.25, 0.3) is 0 Å². The van der Waals surface area contributed by atoms with Crippen molar-refractivity contribution in [2.24, 2.45) is 0 Å². The number of nitrogen functional groups attached to an aromatic ring is 1. The molecule has 5 nitrogen and oxygen atoms in total. The number of nitrogens with one attached hydrogen (secondary N) is 1. The summed E-state index contributed by atoms with van der Waals surface area (Å²) in [6, 6.07) is 9.73. The van der Waals surface area contributed by atoms with E-state index in [0.717, 1.165) is 0 Å². The second-order valence-electron chi connectivity index (χ2n) is 3.88. The van der Waals surface area contributed by atoms with E-state index in [9.17, 15) is 9.59 Å². The largest absolute Gasteiger partial charge is 0.399 e. The fraction of sp³-hybridized carbons (Fsp3) is 0.0769. The van der Waals surface area contributed by atoms with Gasteiger partial charge in [0.25, 0.3) is 0 Å². The Labute approximate surface area is 104 Å². The lowest BCUT2D eigenvalue weighted by atomic mass is 10.3. The van der Waals surface area contributed by atoms with Gasteiger partial charge in [0.1, 0.15) is 6.54 Å². The molecular weight excluding hydrogens is 230 g/mol. The molecule has 0 saturated carbocycles. The number of benzene rings is 1. The second-order valence-corrected chi connectivity index (χ2v) is 3.88. The van der Waals surface area contributed by atoms with Crippen molar-refractivity contribution in [2.45, 2.75) is 6.54 Å². The molecule has 0 bridgehead atoms. The zero-order valence-electron chi connectivity index (χ0n) is 9.67. The summed E-state index contributed by atoms with van der Waals surface area (Å²) in [5.74, 6) is -0.163. The molecule has 5 heteroatoms. The van der Waals surface area contributed by atoms with Crippen LogP contribution in [-0.4, -0.2) is 10.5 Å². The average Bonchev–Trinajstić information content (AvgIpc) is 2.35. The van der Waals surface area contributed by atoms with E-state index in [0.29, 0.717) is 11.4 Å². The Bertz CT molecular complexity index is 582. The van der Waals surface area contributed by atoms with Crippen molar-refractivity contribution in [3.63, 3.8) is 0 Å². The minimum Gasteiger partial charge on any atom is -0.399 e. The molecule has 0 spiro atoms. The SMILES string of the molecule is Nc1ccc(NC(=O)Cn2ccc(=O)cc2)cc1. The maximum Gasteiger partial charge on any atom is 0.244 e. The topological polar surface area (TPSA) is 77.1 Å². The maximum absolute atomic E-state index is 11.7. The number of amides is 1. The molecule has 0 radical (unpaired) electrons. The van der Waals surface area contributed by atoms with E-state index in [1.165, 1.54) is 12.1 Å². The minimum absolute atomic E-state index is 0.0785. The van der Waals surface area contributed by atoms with Gasteiger partial charge in [-0.15, -0.1) is 0 Å². The van der Waals surface area contributed by atoms with Gasteiger partial charge in [-0.3, -0.25) is 9.59 Å². The number of carbonyl (C=O) groups excluding carboxylic acids is 1. The lowest BCUT2D eigenvalue weighted by Crippen LogP contribution is -2.19. The van der Waals surface area contributed by atoms with Crippen molar-refractivity contribution >= 4 is 17.3 Å². The van der Waals surface area contributed by atoms with E-state index in [1.807, 2.05) is 0 Å². The van der Waals surface area contributed by atoms with E-state index in [4.69, 9.17) is 5.73 Å². The van der Waals surface area contributed by atoms with Crippen LogP contribution < -0.4 is 16.5 Å². The van der Waals surface area contributed by atoms with Gasteiger partial charge in [-0.1, -0.05) is 0 Å². The monoisotopic (exact) mass is 243 g/mol.